The Hall–Kier alpha value is 0.110. The van der Waals surface area contributed by atoms with Crippen LogP contribution < -0.4 is 0 Å². The molecule has 1 nitrogen and oxygen atoms in total. The van der Waals surface area contributed by atoms with Gasteiger partial charge in [-0.3, -0.25) is 0 Å². The van der Waals surface area contributed by atoms with Gasteiger partial charge in [0.25, 0.3) is 0 Å². The number of thioether (sulfide) groups is 1. The van der Waals surface area contributed by atoms with Gasteiger partial charge in [0, 0.05) is 15.7 Å². The second kappa shape index (κ2) is 4.97. The summed E-state index contributed by atoms with van der Waals surface area (Å²) >= 11 is 13.1. The van der Waals surface area contributed by atoms with E-state index in [9.17, 15) is 0 Å². The molecule has 0 unspecified atom stereocenters. The Morgan fingerprint density at radius 2 is 2.08 bits per heavy atom. The van der Waals surface area contributed by atoms with Gasteiger partial charge < -0.3 is 5.11 Å². The fraction of sp³-hybridized carbons (Fsp3) is 0.250. The minimum absolute atomic E-state index is 0.146. The first-order valence-electron chi connectivity index (χ1n) is 3.43. The maximum Gasteiger partial charge on any atom is 0.0542 e. The Bertz CT molecular complexity index is 265. The van der Waals surface area contributed by atoms with Gasteiger partial charge in [-0.2, -0.15) is 0 Å². The Kier molecular flexibility index (Phi) is 4.22. The van der Waals surface area contributed by atoms with Gasteiger partial charge in [-0.15, -0.1) is 11.8 Å². The summed E-state index contributed by atoms with van der Waals surface area (Å²) in [5.74, 6) is 0.639. The van der Waals surface area contributed by atoms with Crippen LogP contribution in [0.4, 0.5) is 0 Å². The summed E-state index contributed by atoms with van der Waals surface area (Å²) in [7, 11) is 0. The molecule has 0 aliphatic carbocycles. The third kappa shape index (κ3) is 2.87. The number of aliphatic hydroxyl groups is 1. The normalized spacial score (nSPS) is 10.2. The summed E-state index contributed by atoms with van der Waals surface area (Å²) in [6.45, 7) is 0.146. The fourth-order valence-corrected chi connectivity index (χ4v) is 1.99. The highest BCUT2D eigenvalue weighted by Gasteiger charge is 2.00. The number of rotatable bonds is 3. The molecule has 0 saturated heterocycles. The van der Waals surface area contributed by atoms with Crippen molar-refractivity contribution in [1.82, 2.24) is 0 Å². The van der Waals surface area contributed by atoms with Gasteiger partial charge in [-0.05, 0) is 18.2 Å². The summed E-state index contributed by atoms with van der Waals surface area (Å²) in [5, 5.41) is 9.94. The van der Waals surface area contributed by atoms with Crippen molar-refractivity contribution >= 4 is 35.0 Å². The molecule has 0 aromatic heterocycles. The third-order valence-corrected chi connectivity index (χ3v) is 2.95. The Balaban J connectivity index is 2.75. The van der Waals surface area contributed by atoms with Crippen molar-refractivity contribution in [2.75, 3.05) is 12.4 Å². The van der Waals surface area contributed by atoms with Crippen molar-refractivity contribution in [1.29, 1.82) is 0 Å². The molecule has 12 heavy (non-hydrogen) atoms. The summed E-state index contributed by atoms with van der Waals surface area (Å²) in [5.41, 5.74) is 0. The number of benzene rings is 1. The summed E-state index contributed by atoms with van der Waals surface area (Å²) in [6.07, 6.45) is 0. The molecule has 1 rings (SSSR count). The first-order chi connectivity index (χ1) is 5.74. The third-order valence-electron chi connectivity index (χ3n) is 1.24. The summed E-state index contributed by atoms with van der Waals surface area (Å²) < 4.78 is 0. The molecule has 0 saturated carbocycles. The van der Waals surface area contributed by atoms with Crippen LogP contribution in [0.1, 0.15) is 0 Å². The predicted octanol–water partition coefficient (Wildman–Crippen LogP) is 3.08. The van der Waals surface area contributed by atoms with Gasteiger partial charge in [0.15, 0.2) is 0 Å². The van der Waals surface area contributed by atoms with Gasteiger partial charge in [-0.25, -0.2) is 0 Å². The number of aliphatic hydroxyl groups excluding tert-OH is 1. The SMILES string of the molecule is OCCSc1cc(Cl)ccc1Cl. The second-order valence-electron chi connectivity index (χ2n) is 2.15. The van der Waals surface area contributed by atoms with Crippen molar-refractivity contribution in [2.45, 2.75) is 4.90 Å². The van der Waals surface area contributed by atoms with Crippen LogP contribution in [-0.4, -0.2) is 17.5 Å². The van der Waals surface area contributed by atoms with Gasteiger partial charge in [0.1, 0.15) is 0 Å². The lowest BCUT2D eigenvalue weighted by Gasteiger charge is -2.02. The summed E-state index contributed by atoms with van der Waals surface area (Å²) in [6, 6.07) is 5.29. The minimum atomic E-state index is 0.146. The van der Waals surface area contributed by atoms with Gasteiger partial charge in [-0.1, -0.05) is 23.2 Å². The molecular formula is C8H8Cl2OS. The number of hydrogen-bond donors (Lipinski definition) is 1. The van der Waals surface area contributed by atoms with E-state index >= 15 is 0 Å². The fourth-order valence-electron chi connectivity index (χ4n) is 0.743. The van der Waals surface area contributed by atoms with Crippen LogP contribution in [0.25, 0.3) is 0 Å². The zero-order valence-corrected chi connectivity index (χ0v) is 8.59. The topological polar surface area (TPSA) is 20.2 Å². The molecule has 1 N–H and O–H groups in total. The average Bonchev–Trinajstić information content (AvgIpc) is 2.07. The molecule has 0 aliphatic rings. The van der Waals surface area contributed by atoms with Crippen molar-refractivity contribution < 1.29 is 5.11 Å². The average molecular weight is 223 g/mol. The van der Waals surface area contributed by atoms with Crippen LogP contribution in [0, 0.1) is 0 Å². The lowest BCUT2D eigenvalue weighted by atomic mass is 10.4. The highest BCUT2D eigenvalue weighted by atomic mass is 35.5. The molecule has 66 valence electrons. The standard InChI is InChI=1S/C8H8Cl2OS/c9-6-1-2-7(10)8(5-6)12-4-3-11/h1-2,5,11H,3-4H2. The van der Waals surface area contributed by atoms with Crippen LogP contribution in [0.3, 0.4) is 0 Å². The smallest absolute Gasteiger partial charge is 0.0542 e. The second-order valence-corrected chi connectivity index (χ2v) is 4.13. The predicted molar refractivity (Wildman–Crippen MR) is 54.3 cm³/mol. The molecule has 0 fully saturated rings. The molecule has 0 radical (unpaired) electrons. The molecular weight excluding hydrogens is 215 g/mol. The lowest BCUT2D eigenvalue weighted by molar-refractivity contribution is 0.322. The molecule has 0 bridgehead atoms. The van der Waals surface area contributed by atoms with E-state index in [1.807, 2.05) is 0 Å². The highest BCUT2D eigenvalue weighted by molar-refractivity contribution is 7.99. The molecule has 4 heteroatoms. The lowest BCUT2D eigenvalue weighted by Crippen LogP contribution is -1.85. The van der Waals surface area contributed by atoms with Crippen molar-refractivity contribution in [2.24, 2.45) is 0 Å². The Morgan fingerprint density at radius 3 is 2.75 bits per heavy atom. The molecule has 0 aliphatic heterocycles. The van der Waals surface area contributed by atoms with E-state index in [4.69, 9.17) is 28.3 Å². The maximum absolute atomic E-state index is 8.59. The first-order valence-corrected chi connectivity index (χ1v) is 5.17. The monoisotopic (exact) mass is 222 g/mol. The molecule has 0 spiro atoms. The molecule has 0 heterocycles. The van der Waals surface area contributed by atoms with E-state index in [-0.39, 0.29) is 6.61 Å². The van der Waals surface area contributed by atoms with E-state index in [0.717, 1.165) is 4.90 Å². The van der Waals surface area contributed by atoms with Crippen LogP contribution in [0.5, 0.6) is 0 Å². The van der Waals surface area contributed by atoms with Crippen molar-refractivity contribution in [3.8, 4) is 0 Å². The largest absolute Gasteiger partial charge is 0.396 e. The zero-order valence-electron chi connectivity index (χ0n) is 6.26. The van der Waals surface area contributed by atoms with E-state index in [2.05, 4.69) is 0 Å². The van der Waals surface area contributed by atoms with Crippen molar-refractivity contribution in [3.63, 3.8) is 0 Å². The Morgan fingerprint density at radius 1 is 1.33 bits per heavy atom. The Labute approximate surface area is 85.7 Å². The zero-order chi connectivity index (χ0) is 8.97. The van der Waals surface area contributed by atoms with Crippen LogP contribution in [0.2, 0.25) is 10.0 Å². The van der Waals surface area contributed by atoms with E-state index < -0.39 is 0 Å². The highest BCUT2D eigenvalue weighted by Crippen LogP contribution is 2.29. The quantitative estimate of drug-likeness (QED) is 0.794. The maximum atomic E-state index is 8.59. The van der Waals surface area contributed by atoms with Crippen LogP contribution >= 0.6 is 35.0 Å². The first kappa shape index (κ1) is 10.2. The van der Waals surface area contributed by atoms with E-state index in [1.165, 1.54) is 11.8 Å². The molecule has 1 aromatic carbocycles. The van der Waals surface area contributed by atoms with Crippen LogP contribution in [-0.2, 0) is 0 Å². The van der Waals surface area contributed by atoms with E-state index in [1.54, 1.807) is 18.2 Å². The van der Waals surface area contributed by atoms with Crippen molar-refractivity contribution in [3.05, 3.63) is 28.2 Å². The van der Waals surface area contributed by atoms with Crippen LogP contribution in [0.15, 0.2) is 23.1 Å². The summed E-state index contributed by atoms with van der Waals surface area (Å²) in [4.78, 5) is 0.915. The minimum Gasteiger partial charge on any atom is -0.396 e. The molecule has 1 aromatic rings. The number of hydrogen-bond acceptors (Lipinski definition) is 2. The van der Waals surface area contributed by atoms with E-state index in [0.29, 0.717) is 15.8 Å². The molecule has 0 atom stereocenters. The van der Waals surface area contributed by atoms with Gasteiger partial charge in [0.2, 0.25) is 0 Å². The number of halogens is 2. The van der Waals surface area contributed by atoms with Gasteiger partial charge >= 0.3 is 0 Å². The van der Waals surface area contributed by atoms with Gasteiger partial charge in [0.05, 0.1) is 11.6 Å². The molecule has 0 amide bonds.